The lowest BCUT2D eigenvalue weighted by atomic mass is 9.95. The van der Waals surface area contributed by atoms with Crippen LogP contribution in [0.1, 0.15) is 44.9 Å². The van der Waals surface area contributed by atoms with E-state index in [0.29, 0.717) is 17.9 Å². The molecular formula is C14H23N3O2S. The van der Waals surface area contributed by atoms with Crippen LogP contribution in [0.3, 0.4) is 0 Å². The van der Waals surface area contributed by atoms with Crippen molar-refractivity contribution in [3.63, 3.8) is 0 Å². The van der Waals surface area contributed by atoms with Crippen molar-refractivity contribution in [3.05, 3.63) is 15.9 Å². The minimum atomic E-state index is -0.840. The predicted octanol–water partition coefficient (Wildman–Crippen LogP) is 2.86. The van der Waals surface area contributed by atoms with Crippen molar-refractivity contribution < 1.29 is 9.90 Å². The van der Waals surface area contributed by atoms with Crippen molar-refractivity contribution in [3.8, 4) is 0 Å². The van der Waals surface area contributed by atoms with Crippen molar-refractivity contribution in [2.45, 2.75) is 58.0 Å². The van der Waals surface area contributed by atoms with Crippen molar-refractivity contribution >= 4 is 17.4 Å². The molecule has 0 aliphatic carbocycles. The molecule has 1 aliphatic rings. The van der Waals surface area contributed by atoms with Gasteiger partial charge in [0.1, 0.15) is 0 Å². The lowest BCUT2D eigenvalue weighted by molar-refractivity contribution is 0.0997. The molecule has 6 heteroatoms. The lowest BCUT2D eigenvalue weighted by Crippen LogP contribution is -2.45. The van der Waals surface area contributed by atoms with Gasteiger partial charge in [-0.25, -0.2) is 4.79 Å². The van der Waals surface area contributed by atoms with Crippen molar-refractivity contribution in [2.24, 2.45) is 0 Å². The fourth-order valence-corrected chi connectivity index (χ4v) is 3.48. The van der Waals surface area contributed by atoms with Gasteiger partial charge in [0.15, 0.2) is 4.80 Å². The number of hydrogen-bond donors (Lipinski definition) is 2. The number of thiazole rings is 1. The van der Waals surface area contributed by atoms with Crippen LogP contribution in [0.15, 0.2) is 6.20 Å². The zero-order valence-electron chi connectivity index (χ0n) is 12.3. The number of nitrogens with one attached hydrogen (secondary N) is 1. The fraction of sp³-hybridized carbons (Fsp3) is 0.714. The lowest BCUT2D eigenvalue weighted by Gasteiger charge is -2.33. The molecular weight excluding hydrogens is 274 g/mol. The van der Waals surface area contributed by atoms with E-state index in [0.717, 1.165) is 19.3 Å². The van der Waals surface area contributed by atoms with E-state index in [4.69, 9.17) is 5.41 Å². The van der Waals surface area contributed by atoms with Gasteiger partial charge in [-0.15, -0.1) is 11.3 Å². The van der Waals surface area contributed by atoms with Gasteiger partial charge >= 0.3 is 6.09 Å². The Morgan fingerprint density at radius 1 is 1.50 bits per heavy atom. The second-order valence-electron chi connectivity index (χ2n) is 6.43. The molecule has 0 bridgehead atoms. The van der Waals surface area contributed by atoms with E-state index in [1.54, 1.807) is 0 Å². The van der Waals surface area contributed by atoms with Crippen LogP contribution in [-0.2, 0) is 12.0 Å². The van der Waals surface area contributed by atoms with Gasteiger partial charge in [-0.2, -0.15) is 0 Å². The maximum Gasteiger partial charge on any atom is 0.407 e. The molecule has 0 radical (unpaired) electrons. The third-order valence-electron chi connectivity index (χ3n) is 3.76. The molecule has 1 aromatic heterocycles. The maximum atomic E-state index is 11.3. The molecule has 1 aromatic rings. The average molecular weight is 297 g/mol. The van der Waals surface area contributed by atoms with Gasteiger partial charge in [-0.05, 0) is 24.7 Å². The van der Waals surface area contributed by atoms with Crippen LogP contribution in [-0.4, -0.2) is 33.3 Å². The Balaban J connectivity index is 2.18. The molecule has 1 fully saturated rings. The number of likely N-dealkylation sites (tertiary alicyclic amines) is 1. The predicted molar refractivity (Wildman–Crippen MR) is 79.2 cm³/mol. The molecule has 2 rings (SSSR count). The Hall–Kier alpha value is -1.30. The number of rotatable bonds is 2. The molecule has 2 N–H and O–H groups in total. The number of aromatic nitrogens is 1. The van der Waals surface area contributed by atoms with Crippen LogP contribution in [0.5, 0.6) is 0 Å². The normalized spacial score (nSPS) is 20.1. The van der Waals surface area contributed by atoms with E-state index in [-0.39, 0.29) is 11.5 Å². The highest BCUT2D eigenvalue weighted by Gasteiger charge is 2.27. The zero-order chi connectivity index (χ0) is 14.9. The quantitative estimate of drug-likeness (QED) is 0.881. The number of amides is 1. The first kappa shape index (κ1) is 15.1. The molecule has 20 heavy (non-hydrogen) atoms. The molecule has 1 aliphatic heterocycles. The Kier molecular flexibility index (Phi) is 4.22. The van der Waals surface area contributed by atoms with Crippen LogP contribution in [0.4, 0.5) is 4.79 Å². The number of piperidine rings is 1. The molecule has 1 atom stereocenters. The highest BCUT2D eigenvalue weighted by Crippen LogP contribution is 2.25. The van der Waals surface area contributed by atoms with Gasteiger partial charge in [0.05, 0.1) is 6.04 Å². The van der Waals surface area contributed by atoms with Crippen LogP contribution in [0, 0.1) is 5.41 Å². The average Bonchev–Trinajstić information content (AvgIpc) is 2.71. The Labute approximate surface area is 123 Å². The third kappa shape index (κ3) is 3.23. The first-order valence-corrected chi connectivity index (χ1v) is 7.85. The van der Waals surface area contributed by atoms with Gasteiger partial charge in [0.25, 0.3) is 0 Å². The molecule has 1 saturated heterocycles. The Bertz CT molecular complexity index is 541. The summed E-state index contributed by atoms with van der Waals surface area (Å²) in [7, 11) is 0. The van der Waals surface area contributed by atoms with Crippen molar-refractivity contribution in [1.29, 1.82) is 5.41 Å². The van der Waals surface area contributed by atoms with Crippen LogP contribution < -0.4 is 4.80 Å². The summed E-state index contributed by atoms with van der Waals surface area (Å²) in [6.07, 6.45) is 4.07. The van der Waals surface area contributed by atoms with Crippen molar-refractivity contribution in [1.82, 2.24) is 9.47 Å². The van der Waals surface area contributed by atoms with E-state index in [2.05, 4.69) is 20.8 Å². The summed E-state index contributed by atoms with van der Waals surface area (Å²) in [6, 6.07) is -0.00207. The molecule has 0 spiro atoms. The van der Waals surface area contributed by atoms with Gasteiger partial charge in [-0.3, -0.25) is 5.41 Å². The van der Waals surface area contributed by atoms with E-state index >= 15 is 0 Å². The monoisotopic (exact) mass is 297 g/mol. The SMILES string of the molecule is CC(C)(C)c1cn(C[C@H]2CCCCN2C(=O)O)c(=N)s1. The third-order valence-corrected chi connectivity index (χ3v) is 5.13. The number of hydrogen-bond acceptors (Lipinski definition) is 3. The summed E-state index contributed by atoms with van der Waals surface area (Å²) < 4.78 is 1.90. The summed E-state index contributed by atoms with van der Waals surface area (Å²) in [5, 5.41) is 17.3. The minimum Gasteiger partial charge on any atom is -0.465 e. The highest BCUT2D eigenvalue weighted by molar-refractivity contribution is 7.09. The van der Waals surface area contributed by atoms with Gasteiger partial charge in [0, 0.05) is 24.2 Å². The van der Waals surface area contributed by atoms with Crippen molar-refractivity contribution in [2.75, 3.05) is 6.54 Å². The van der Waals surface area contributed by atoms with E-state index in [1.165, 1.54) is 21.1 Å². The smallest absolute Gasteiger partial charge is 0.407 e. The van der Waals surface area contributed by atoms with Crippen LogP contribution in [0.2, 0.25) is 0 Å². The number of nitrogens with zero attached hydrogens (tertiary/aromatic N) is 2. The van der Waals surface area contributed by atoms with E-state index in [9.17, 15) is 9.90 Å². The summed E-state index contributed by atoms with van der Waals surface area (Å²) in [5.74, 6) is 0. The Morgan fingerprint density at radius 3 is 2.75 bits per heavy atom. The first-order valence-electron chi connectivity index (χ1n) is 7.04. The van der Waals surface area contributed by atoms with Gasteiger partial charge in [0.2, 0.25) is 0 Å². The van der Waals surface area contributed by atoms with E-state index in [1.807, 2.05) is 10.8 Å². The van der Waals surface area contributed by atoms with Gasteiger partial charge in [-0.1, -0.05) is 20.8 Å². The molecule has 112 valence electrons. The number of carbonyl (C=O) groups is 1. The summed E-state index contributed by atoms with van der Waals surface area (Å²) >= 11 is 1.48. The standard InChI is InChI=1S/C14H23N3O2S/c1-14(2,3)11-9-16(12(15)20-11)8-10-6-4-5-7-17(10)13(18)19/h9-10,15H,4-8H2,1-3H3,(H,18,19)/t10-/m1/s1. The van der Waals surface area contributed by atoms with E-state index < -0.39 is 6.09 Å². The summed E-state index contributed by atoms with van der Waals surface area (Å²) in [4.78, 5) is 14.5. The Morgan fingerprint density at radius 2 is 2.20 bits per heavy atom. The zero-order valence-corrected chi connectivity index (χ0v) is 13.2. The van der Waals surface area contributed by atoms with Crippen LogP contribution in [0.25, 0.3) is 0 Å². The molecule has 5 nitrogen and oxygen atoms in total. The maximum absolute atomic E-state index is 11.3. The second kappa shape index (κ2) is 5.60. The summed E-state index contributed by atoms with van der Waals surface area (Å²) in [6.45, 7) is 7.61. The topological polar surface area (TPSA) is 69.3 Å². The number of carboxylic acid groups (broad SMARTS) is 1. The highest BCUT2D eigenvalue weighted by atomic mass is 32.1. The first-order chi connectivity index (χ1) is 9.29. The molecule has 0 saturated carbocycles. The largest absolute Gasteiger partial charge is 0.465 e. The second-order valence-corrected chi connectivity index (χ2v) is 7.46. The molecule has 1 amide bonds. The molecule has 0 aromatic carbocycles. The molecule has 2 heterocycles. The minimum absolute atomic E-state index is 0.00207. The molecule has 0 unspecified atom stereocenters. The van der Waals surface area contributed by atoms with Crippen LogP contribution >= 0.6 is 11.3 Å². The van der Waals surface area contributed by atoms with Gasteiger partial charge < -0.3 is 14.6 Å². The fourth-order valence-electron chi connectivity index (χ4n) is 2.54. The summed E-state index contributed by atoms with van der Waals surface area (Å²) in [5.41, 5.74) is 0.0325.